The van der Waals surface area contributed by atoms with Crippen molar-refractivity contribution in [1.82, 2.24) is 19.5 Å². The Kier molecular flexibility index (Phi) is 4.44. The minimum atomic E-state index is -4.73. The third kappa shape index (κ3) is 3.20. The molecule has 1 aliphatic heterocycles. The van der Waals surface area contributed by atoms with Crippen LogP contribution in [0.2, 0.25) is 0 Å². The zero-order chi connectivity index (χ0) is 17.6. The normalized spacial score (nSPS) is 27.8. The summed E-state index contributed by atoms with van der Waals surface area (Å²) in [6.45, 7) is -0.606. The van der Waals surface area contributed by atoms with E-state index in [1.54, 1.807) is 0 Å². The lowest BCUT2D eigenvalue weighted by molar-refractivity contribution is -0.0503. The summed E-state index contributed by atoms with van der Waals surface area (Å²) in [5.74, 6) is 0.0312. The summed E-state index contributed by atoms with van der Waals surface area (Å²) in [6.07, 6.45) is -3.77. The van der Waals surface area contributed by atoms with Gasteiger partial charge >= 0.3 is 7.82 Å². The molecule has 1 aliphatic rings. The van der Waals surface area contributed by atoms with Crippen molar-refractivity contribution >= 4 is 37.2 Å². The third-order valence-corrected chi connectivity index (χ3v) is 4.25. The molecular weight excluding hydrogens is 365 g/mol. The maximum Gasteiger partial charge on any atom is 0.469 e. The highest BCUT2D eigenvalue weighted by Crippen LogP contribution is 2.38. The van der Waals surface area contributed by atoms with Crippen LogP contribution >= 0.6 is 20.0 Å². The Morgan fingerprint density at radius 3 is 2.83 bits per heavy atom. The number of hydrogen-bond donors (Lipinski definition) is 6. The third-order valence-electron chi connectivity index (χ3n) is 3.48. The van der Waals surface area contributed by atoms with E-state index < -0.39 is 39.0 Å². The highest BCUT2D eigenvalue weighted by Gasteiger charge is 2.45. The fourth-order valence-corrected chi connectivity index (χ4v) is 3.00. The van der Waals surface area contributed by atoms with Crippen LogP contribution in [-0.4, -0.2) is 64.4 Å². The lowest BCUT2D eigenvalue weighted by Crippen LogP contribution is -2.33. The Hall–Kier alpha value is -1.44. The number of nitrogens with zero attached hydrogens (tertiary/aromatic N) is 3. The van der Waals surface area contributed by atoms with Gasteiger partial charge in [0, 0.05) is 0 Å². The quantitative estimate of drug-likeness (QED) is 0.276. The number of aliphatic hydroxyl groups is 2. The van der Waals surface area contributed by atoms with Crippen LogP contribution in [0.5, 0.6) is 0 Å². The number of aromatic nitrogens is 4. The molecule has 0 unspecified atom stereocenters. The summed E-state index contributed by atoms with van der Waals surface area (Å²) < 4.78 is 22.0. The molecule has 3 rings (SSSR count). The molecule has 4 atom stereocenters. The number of anilines is 1. The number of imidazole rings is 1. The Morgan fingerprint density at radius 2 is 2.17 bits per heavy atom. The van der Waals surface area contributed by atoms with E-state index in [0.717, 1.165) is 0 Å². The summed E-state index contributed by atoms with van der Waals surface area (Å²) in [4.78, 5) is 28.1. The number of H-pyrrole nitrogens is 1. The summed E-state index contributed by atoms with van der Waals surface area (Å²) in [5, 5.41) is 20.2. The first kappa shape index (κ1) is 17.4. The Morgan fingerprint density at radius 1 is 1.46 bits per heavy atom. The Labute approximate surface area is 139 Å². The van der Waals surface area contributed by atoms with E-state index in [0.29, 0.717) is 11.2 Å². The van der Waals surface area contributed by atoms with Crippen LogP contribution in [-0.2, 0) is 13.8 Å². The number of nitrogens with two attached hydrogens (primary N) is 1. The molecule has 0 saturated carbocycles. The number of nitrogens with one attached hydrogen (secondary N) is 1. The standard InChI is InChI=1S/C10H14N5O7PS/c11-10-13-7-4(8(24)14-10)12-2-15(7)9-6(17)5(16)3(22-9)1-21-23(18,19)20/h2-3,5-6,9,16-17H,1H2,(H2,18,19,20)(H3,11,13,14,24)/t3-,5+,6+,9-/m0/s1. The van der Waals surface area contributed by atoms with E-state index in [4.69, 9.17) is 32.5 Å². The second-order valence-electron chi connectivity index (χ2n) is 5.11. The van der Waals surface area contributed by atoms with Gasteiger partial charge in [-0.2, -0.15) is 0 Å². The van der Waals surface area contributed by atoms with Crippen molar-refractivity contribution in [2.45, 2.75) is 24.5 Å². The van der Waals surface area contributed by atoms with Crippen molar-refractivity contribution in [1.29, 1.82) is 0 Å². The number of aliphatic hydroxyl groups excluding tert-OH is 2. The fraction of sp³-hybridized carbons (Fsp3) is 0.500. The van der Waals surface area contributed by atoms with Crippen molar-refractivity contribution in [3.8, 4) is 0 Å². The predicted octanol–water partition coefficient (Wildman–Crippen LogP) is -1.20. The van der Waals surface area contributed by atoms with Gasteiger partial charge in [0.15, 0.2) is 16.8 Å². The van der Waals surface area contributed by atoms with Crippen molar-refractivity contribution in [2.24, 2.45) is 0 Å². The van der Waals surface area contributed by atoms with Gasteiger partial charge in [-0.15, -0.1) is 0 Å². The van der Waals surface area contributed by atoms with Crippen LogP contribution in [0, 0.1) is 4.64 Å². The molecule has 12 nitrogen and oxygen atoms in total. The molecule has 0 bridgehead atoms. The number of fused-ring (bicyclic) bond motifs is 1. The van der Waals surface area contributed by atoms with E-state index in [2.05, 4.69) is 19.5 Å². The molecule has 0 amide bonds. The molecule has 14 heteroatoms. The number of hydrogen-bond acceptors (Lipinski definition) is 9. The summed E-state index contributed by atoms with van der Waals surface area (Å²) in [6, 6.07) is 0. The second-order valence-corrected chi connectivity index (χ2v) is 6.73. The maximum absolute atomic E-state index is 10.8. The first-order valence-corrected chi connectivity index (χ1v) is 8.55. The van der Waals surface area contributed by atoms with Crippen LogP contribution in [0.1, 0.15) is 6.23 Å². The predicted molar refractivity (Wildman–Crippen MR) is 81.0 cm³/mol. The highest BCUT2D eigenvalue weighted by molar-refractivity contribution is 7.71. The SMILES string of the molecule is Nc1nc(=S)c2ncn([C@H]3O[C@@H](COP(=O)(O)O)[C@@H](O)[C@H]3O)c2[nH]1. The number of ether oxygens (including phenoxy) is 1. The van der Waals surface area contributed by atoms with Gasteiger partial charge in [-0.3, -0.25) is 9.09 Å². The topological polar surface area (TPSA) is 189 Å². The number of phosphoric ester groups is 1. The van der Waals surface area contributed by atoms with Crippen molar-refractivity contribution < 1.29 is 33.8 Å². The fourth-order valence-electron chi connectivity index (χ4n) is 2.41. The molecule has 24 heavy (non-hydrogen) atoms. The molecule has 132 valence electrons. The van der Waals surface area contributed by atoms with E-state index >= 15 is 0 Å². The molecule has 1 fully saturated rings. The monoisotopic (exact) mass is 379 g/mol. The number of rotatable bonds is 4. The van der Waals surface area contributed by atoms with Gasteiger partial charge in [0.1, 0.15) is 29.5 Å². The summed E-state index contributed by atoms with van der Waals surface area (Å²) >= 11 is 5.04. The van der Waals surface area contributed by atoms with E-state index in [1.165, 1.54) is 10.9 Å². The van der Waals surface area contributed by atoms with Gasteiger partial charge in [0.05, 0.1) is 12.9 Å². The van der Waals surface area contributed by atoms with Crippen LogP contribution in [0.4, 0.5) is 5.95 Å². The van der Waals surface area contributed by atoms with Crippen molar-refractivity contribution in [2.75, 3.05) is 12.3 Å². The molecule has 1 saturated heterocycles. The molecule has 2 aromatic heterocycles. The molecule has 2 aromatic rings. The minimum Gasteiger partial charge on any atom is -0.387 e. The van der Waals surface area contributed by atoms with Crippen molar-refractivity contribution in [3.05, 3.63) is 11.0 Å². The van der Waals surface area contributed by atoms with E-state index in [9.17, 15) is 14.8 Å². The molecular formula is C10H14N5O7PS. The van der Waals surface area contributed by atoms with E-state index in [-0.39, 0.29) is 10.6 Å². The lowest BCUT2D eigenvalue weighted by atomic mass is 10.1. The maximum atomic E-state index is 10.8. The number of nitrogen functional groups attached to an aromatic ring is 1. The van der Waals surface area contributed by atoms with Gasteiger partial charge in [0.25, 0.3) is 0 Å². The molecule has 0 spiro atoms. The first-order chi connectivity index (χ1) is 11.2. The van der Waals surface area contributed by atoms with Gasteiger partial charge in [-0.25, -0.2) is 14.5 Å². The molecule has 0 aliphatic carbocycles. The van der Waals surface area contributed by atoms with Gasteiger partial charge < -0.3 is 35.5 Å². The summed E-state index contributed by atoms with van der Waals surface area (Å²) in [5.41, 5.74) is 6.24. The molecule has 0 radical (unpaired) electrons. The Balaban J connectivity index is 1.90. The zero-order valence-electron chi connectivity index (χ0n) is 11.9. The van der Waals surface area contributed by atoms with Gasteiger partial charge in [0.2, 0.25) is 0 Å². The van der Waals surface area contributed by atoms with Gasteiger partial charge in [-0.1, -0.05) is 12.2 Å². The first-order valence-electron chi connectivity index (χ1n) is 6.61. The number of phosphoric acid groups is 1. The van der Waals surface area contributed by atoms with Crippen LogP contribution in [0.15, 0.2) is 6.33 Å². The number of aromatic amines is 1. The second kappa shape index (κ2) is 6.13. The summed E-state index contributed by atoms with van der Waals surface area (Å²) in [7, 11) is -4.73. The smallest absolute Gasteiger partial charge is 0.387 e. The lowest BCUT2D eigenvalue weighted by Gasteiger charge is -2.17. The average Bonchev–Trinajstić information content (AvgIpc) is 3.00. The molecule has 7 N–H and O–H groups in total. The van der Waals surface area contributed by atoms with Crippen LogP contribution in [0.25, 0.3) is 11.2 Å². The zero-order valence-corrected chi connectivity index (χ0v) is 13.6. The van der Waals surface area contributed by atoms with Crippen LogP contribution in [0.3, 0.4) is 0 Å². The Bertz CT molecular complexity index is 865. The molecule has 3 heterocycles. The largest absolute Gasteiger partial charge is 0.469 e. The molecule has 0 aromatic carbocycles. The van der Waals surface area contributed by atoms with E-state index in [1.807, 2.05) is 0 Å². The van der Waals surface area contributed by atoms with Crippen LogP contribution < -0.4 is 5.73 Å². The minimum absolute atomic E-state index is 0.0312. The average molecular weight is 379 g/mol. The van der Waals surface area contributed by atoms with Gasteiger partial charge in [-0.05, 0) is 0 Å². The highest BCUT2D eigenvalue weighted by atomic mass is 32.1. The van der Waals surface area contributed by atoms with Crippen molar-refractivity contribution in [3.63, 3.8) is 0 Å².